The molecule has 0 amide bonds. The zero-order valence-corrected chi connectivity index (χ0v) is 14.7. The summed E-state index contributed by atoms with van der Waals surface area (Å²) in [7, 11) is 0. The highest BCUT2D eigenvalue weighted by Gasteiger charge is 2.01. The van der Waals surface area contributed by atoms with Crippen LogP contribution < -0.4 is 4.74 Å². The van der Waals surface area contributed by atoms with E-state index in [-0.39, 0.29) is 5.78 Å². The zero-order chi connectivity index (χ0) is 18.4. The molecule has 3 aromatic rings. The van der Waals surface area contributed by atoms with E-state index in [4.69, 9.17) is 4.74 Å². The average Bonchev–Trinajstić information content (AvgIpc) is 2.68. The van der Waals surface area contributed by atoms with E-state index in [0.717, 1.165) is 28.2 Å². The fourth-order valence-corrected chi connectivity index (χ4v) is 2.46. The van der Waals surface area contributed by atoms with Gasteiger partial charge in [-0.15, -0.1) is 0 Å². The second-order valence-corrected chi connectivity index (χ2v) is 6.04. The third-order valence-corrected chi connectivity index (χ3v) is 3.95. The second-order valence-electron chi connectivity index (χ2n) is 6.04. The molecule has 0 N–H and O–H groups in total. The van der Waals surface area contributed by atoms with Gasteiger partial charge in [-0.1, -0.05) is 72.8 Å². The number of carbonyl (C=O) groups is 1. The van der Waals surface area contributed by atoms with Crippen molar-refractivity contribution in [1.29, 1.82) is 0 Å². The van der Waals surface area contributed by atoms with Crippen molar-refractivity contribution in [3.8, 4) is 11.5 Å². The number of rotatable bonds is 6. The van der Waals surface area contributed by atoms with Gasteiger partial charge in [-0.3, -0.25) is 4.79 Å². The fourth-order valence-electron chi connectivity index (χ4n) is 2.46. The number of ketones is 1. The molecular weight excluding hydrogens is 320 g/mol. The maximum absolute atomic E-state index is 12.1. The quantitative estimate of drug-likeness (QED) is 0.383. The molecule has 0 fully saturated rings. The Kier molecular flexibility index (Phi) is 5.45. The molecule has 26 heavy (non-hydrogen) atoms. The molecule has 0 saturated heterocycles. The Morgan fingerprint density at radius 2 is 1.38 bits per heavy atom. The Morgan fingerprint density at radius 1 is 0.808 bits per heavy atom. The van der Waals surface area contributed by atoms with Crippen LogP contribution in [0.15, 0.2) is 91.5 Å². The summed E-state index contributed by atoms with van der Waals surface area (Å²) in [6.07, 6.45) is 3.39. The summed E-state index contributed by atoms with van der Waals surface area (Å²) < 4.78 is 5.84. The SMILES string of the molecule is C=C(C)c1ccc(Oc2ccc(C=CC(=O)c3ccccc3)cc2)cc1. The van der Waals surface area contributed by atoms with Crippen LogP contribution in [0.5, 0.6) is 11.5 Å². The Balaban J connectivity index is 1.64. The molecule has 2 heteroatoms. The monoisotopic (exact) mass is 340 g/mol. The van der Waals surface area contributed by atoms with Gasteiger partial charge in [-0.05, 0) is 48.4 Å². The standard InChI is InChI=1S/C24H20O2/c1-18(2)20-11-15-23(16-12-20)26-22-13-8-19(9-14-22)10-17-24(25)21-6-4-3-5-7-21/h3-17H,1H2,2H3. The van der Waals surface area contributed by atoms with Crippen molar-refractivity contribution >= 4 is 17.4 Å². The third-order valence-electron chi connectivity index (χ3n) is 3.95. The maximum atomic E-state index is 12.1. The zero-order valence-electron chi connectivity index (χ0n) is 14.7. The maximum Gasteiger partial charge on any atom is 0.185 e. The van der Waals surface area contributed by atoms with Crippen LogP contribution in [0.4, 0.5) is 0 Å². The molecule has 0 unspecified atom stereocenters. The molecule has 0 aliphatic rings. The summed E-state index contributed by atoms with van der Waals surface area (Å²) in [5.74, 6) is 1.51. The first-order chi connectivity index (χ1) is 12.6. The van der Waals surface area contributed by atoms with Crippen molar-refractivity contribution in [2.24, 2.45) is 0 Å². The number of benzene rings is 3. The van der Waals surface area contributed by atoms with Crippen molar-refractivity contribution in [3.63, 3.8) is 0 Å². The van der Waals surface area contributed by atoms with Gasteiger partial charge in [0.05, 0.1) is 0 Å². The van der Waals surface area contributed by atoms with Crippen molar-refractivity contribution in [2.75, 3.05) is 0 Å². The summed E-state index contributed by atoms with van der Waals surface area (Å²) in [6, 6.07) is 24.7. The van der Waals surface area contributed by atoms with Crippen LogP contribution in [0.3, 0.4) is 0 Å². The molecular formula is C24H20O2. The largest absolute Gasteiger partial charge is 0.457 e. The van der Waals surface area contributed by atoms with Gasteiger partial charge >= 0.3 is 0 Å². The summed E-state index contributed by atoms with van der Waals surface area (Å²) in [5, 5.41) is 0. The smallest absolute Gasteiger partial charge is 0.185 e. The Labute approximate surface area is 154 Å². The summed E-state index contributed by atoms with van der Waals surface area (Å²) in [5.41, 5.74) is 3.75. The highest BCUT2D eigenvalue weighted by Crippen LogP contribution is 2.24. The highest BCUT2D eigenvalue weighted by molar-refractivity contribution is 6.06. The van der Waals surface area contributed by atoms with Gasteiger partial charge in [0.2, 0.25) is 0 Å². The minimum absolute atomic E-state index is 0.0106. The second kappa shape index (κ2) is 8.13. The highest BCUT2D eigenvalue weighted by atomic mass is 16.5. The third kappa shape index (κ3) is 4.58. The molecule has 128 valence electrons. The topological polar surface area (TPSA) is 26.3 Å². The average molecular weight is 340 g/mol. The number of allylic oxidation sites excluding steroid dienone is 2. The van der Waals surface area contributed by atoms with Gasteiger partial charge in [-0.25, -0.2) is 0 Å². The molecule has 3 rings (SSSR count). The molecule has 0 aliphatic heterocycles. The van der Waals surface area contributed by atoms with Crippen molar-refractivity contribution in [3.05, 3.63) is 108 Å². The minimum atomic E-state index is -0.0106. The molecule has 0 saturated carbocycles. The summed E-state index contributed by atoms with van der Waals surface area (Å²) >= 11 is 0. The summed E-state index contributed by atoms with van der Waals surface area (Å²) in [4.78, 5) is 12.1. The van der Waals surface area contributed by atoms with Gasteiger partial charge in [0.15, 0.2) is 5.78 Å². The Hall–Kier alpha value is -3.39. The lowest BCUT2D eigenvalue weighted by Gasteiger charge is -2.07. The van der Waals surface area contributed by atoms with Crippen molar-refractivity contribution < 1.29 is 9.53 Å². The molecule has 3 aromatic carbocycles. The molecule has 0 atom stereocenters. The van der Waals surface area contributed by atoms with Crippen LogP contribution in [-0.2, 0) is 0 Å². The van der Waals surface area contributed by atoms with E-state index in [1.165, 1.54) is 0 Å². The van der Waals surface area contributed by atoms with Gasteiger partial charge in [0.1, 0.15) is 11.5 Å². The number of hydrogen-bond acceptors (Lipinski definition) is 2. The minimum Gasteiger partial charge on any atom is -0.457 e. The number of carbonyl (C=O) groups excluding carboxylic acids is 1. The Bertz CT molecular complexity index is 918. The first-order valence-corrected chi connectivity index (χ1v) is 8.43. The fraction of sp³-hybridized carbons (Fsp3) is 0.0417. The van der Waals surface area contributed by atoms with Crippen LogP contribution in [-0.4, -0.2) is 5.78 Å². The molecule has 0 heterocycles. The van der Waals surface area contributed by atoms with Gasteiger partial charge in [-0.2, -0.15) is 0 Å². The normalized spacial score (nSPS) is 10.7. The van der Waals surface area contributed by atoms with Crippen LogP contribution in [0, 0.1) is 0 Å². The molecule has 0 aromatic heterocycles. The van der Waals surface area contributed by atoms with Gasteiger partial charge in [0, 0.05) is 5.56 Å². The molecule has 0 bridgehead atoms. The molecule has 0 aliphatic carbocycles. The molecule has 0 spiro atoms. The number of hydrogen-bond donors (Lipinski definition) is 0. The van der Waals surface area contributed by atoms with E-state index in [9.17, 15) is 4.79 Å². The van der Waals surface area contributed by atoms with Crippen LogP contribution in [0.1, 0.15) is 28.4 Å². The van der Waals surface area contributed by atoms with Crippen molar-refractivity contribution in [2.45, 2.75) is 6.92 Å². The van der Waals surface area contributed by atoms with E-state index in [1.54, 1.807) is 12.2 Å². The lowest BCUT2D eigenvalue weighted by Crippen LogP contribution is -1.92. The summed E-state index contributed by atoms with van der Waals surface area (Å²) in [6.45, 7) is 5.90. The predicted molar refractivity (Wildman–Crippen MR) is 107 cm³/mol. The Morgan fingerprint density at radius 3 is 1.96 bits per heavy atom. The first kappa shape index (κ1) is 17.4. The van der Waals surface area contributed by atoms with E-state index in [1.807, 2.05) is 85.8 Å². The van der Waals surface area contributed by atoms with Crippen molar-refractivity contribution in [1.82, 2.24) is 0 Å². The van der Waals surface area contributed by atoms with E-state index in [0.29, 0.717) is 5.56 Å². The molecule has 0 radical (unpaired) electrons. The van der Waals surface area contributed by atoms with E-state index < -0.39 is 0 Å². The van der Waals surface area contributed by atoms with E-state index in [2.05, 4.69) is 6.58 Å². The predicted octanol–water partition coefficient (Wildman–Crippen LogP) is 6.41. The van der Waals surface area contributed by atoms with Crippen LogP contribution in [0.25, 0.3) is 11.6 Å². The lowest BCUT2D eigenvalue weighted by atomic mass is 10.1. The lowest BCUT2D eigenvalue weighted by molar-refractivity contribution is 0.104. The first-order valence-electron chi connectivity index (χ1n) is 8.43. The van der Waals surface area contributed by atoms with Gasteiger partial charge < -0.3 is 4.74 Å². The van der Waals surface area contributed by atoms with Gasteiger partial charge in [0.25, 0.3) is 0 Å². The number of ether oxygens (including phenoxy) is 1. The van der Waals surface area contributed by atoms with Crippen LogP contribution >= 0.6 is 0 Å². The molecule has 2 nitrogen and oxygen atoms in total. The van der Waals surface area contributed by atoms with Crippen LogP contribution in [0.2, 0.25) is 0 Å². The van der Waals surface area contributed by atoms with E-state index >= 15 is 0 Å².